The van der Waals surface area contributed by atoms with Crippen molar-refractivity contribution in [1.29, 1.82) is 0 Å². The van der Waals surface area contributed by atoms with E-state index >= 15 is 0 Å². The second-order valence-electron chi connectivity index (χ2n) is 8.64. The lowest BCUT2D eigenvalue weighted by Crippen LogP contribution is -2.47. The second kappa shape index (κ2) is 16.5. The van der Waals surface area contributed by atoms with Crippen molar-refractivity contribution >= 4 is 7.82 Å². The molecule has 0 aromatic rings. The van der Waals surface area contributed by atoms with Crippen molar-refractivity contribution in [3.63, 3.8) is 0 Å². The van der Waals surface area contributed by atoms with Gasteiger partial charge in [0.2, 0.25) is 0 Å². The molecule has 1 atom stereocenters. The Morgan fingerprint density at radius 3 is 2.31 bits per heavy atom. The van der Waals surface area contributed by atoms with Gasteiger partial charge < -0.3 is 25.4 Å². The van der Waals surface area contributed by atoms with Gasteiger partial charge >= 0.3 is 14.0 Å². The highest BCUT2D eigenvalue weighted by atomic mass is 31.2. The first-order chi connectivity index (χ1) is 16.2. The Kier molecular flexibility index (Phi) is 15.9. The maximum absolute atomic E-state index is 13.5. The van der Waals surface area contributed by atoms with E-state index in [1.807, 2.05) is 0 Å². The summed E-state index contributed by atoms with van der Waals surface area (Å²) in [6.07, 6.45) is 5.24. The highest BCUT2D eigenvalue weighted by Crippen LogP contribution is 2.37. The summed E-state index contributed by atoms with van der Waals surface area (Å²) < 4.78 is 61.0. The monoisotopic (exact) mass is 527 g/mol. The minimum absolute atomic E-state index is 0.0371. The Labute approximate surface area is 206 Å². The van der Waals surface area contributed by atoms with Crippen LogP contribution in [0.1, 0.15) is 66.2 Å². The van der Waals surface area contributed by atoms with Crippen molar-refractivity contribution in [3.05, 3.63) is 46.6 Å². The number of phosphoric acid groups is 1. The van der Waals surface area contributed by atoms with Crippen LogP contribution in [0.25, 0.3) is 0 Å². The lowest BCUT2D eigenvalue weighted by atomic mass is 9.93. The summed E-state index contributed by atoms with van der Waals surface area (Å²) in [5.74, 6) is 0. The summed E-state index contributed by atoms with van der Waals surface area (Å²) in [4.78, 5) is 17.6. The molecule has 1 unspecified atom stereocenters. The Morgan fingerprint density at radius 1 is 1.17 bits per heavy atom. The molecule has 0 aliphatic heterocycles. The van der Waals surface area contributed by atoms with Gasteiger partial charge in [0.15, 0.2) is 0 Å². The van der Waals surface area contributed by atoms with E-state index in [0.717, 1.165) is 25.3 Å². The van der Waals surface area contributed by atoms with Crippen molar-refractivity contribution in [2.75, 3.05) is 26.4 Å². The number of allylic oxidation sites excluding steroid dienone is 7. The van der Waals surface area contributed by atoms with Gasteiger partial charge in [-0.25, -0.2) is 4.57 Å². The van der Waals surface area contributed by atoms with Crippen molar-refractivity contribution in [3.8, 4) is 0 Å². The predicted octanol–water partition coefficient (Wildman–Crippen LogP) is 5.49. The third kappa shape index (κ3) is 16.2. The van der Waals surface area contributed by atoms with Crippen molar-refractivity contribution in [1.82, 2.24) is 0 Å². The molecule has 35 heavy (non-hydrogen) atoms. The van der Waals surface area contributed by atoms with Gasteiger partial charge in [-0.1, -0.05) is 36.3 Å². The Hall–Kier alpha value is -1.26. The molecule has 0 radical (unpaired) electrons. The van der Waals surface area contributed by atoms with Crippen LogP contribution in [-0.4, -0.2) is 53.0 Å². The van der Waals surface area contributed by atoms with Gasteiger partial charge in [-0.15, -0.1) is 0 Å². The summed E-state index contributed by atoms with van der Waals surface area (Å²) in [5.41, 5.74) is 6.37. The summed E-state index contributed by atoms with van der Waals surface area (Å²) >= 11 is 0. The molecule has 0 bridgehead atoms. The molecule has 5 N–H and O–H groups in total. The molecule has 0 aromatic heterocycles. The quantitative estimate of drug-likeness (QED) is 0.112. The number of halogens is 3. The number of hydrogen-bond acceptors (Lipinski definition) is 5. The fourth-order valence-electron chi connectivity index (χ4n) is 3.04. The van der Waals surface area contributed by atoms with Crippen molar-refractivity contribution in [2.24, 2.45) is 5.73 Å². The van der Waals surface area contributed by atoms with Gasteiger partial charge in [0.1, 0.15) is 0 Å². The van der Waals surface area contributed by atoms with E-state index in [-0.39, 0.29) is 19.4 Å². The minimum atomic E-state index is -4.80. The number of alkyl halides is 3. The van der Waals surface area contributed by atoms with Crippen LogP contribution in [0.3, 0.4) is 0 Å². The van der Waals surface area contributed by atoms with E-state index in [1.165, 1.54) is 17.2 Å². The number of aliphatic hydroxyl groups excluding tert-OH is 1. The number of aliphatic hydroxyl groups is 1. The Balaban J connectivity index is 4.84. The normalized spacial score (nSPS) is 15.5. The number of ether oxygens (including phenoxy) is 1. The van der Waals surface area contributed by atoms with E-state index in [1.54, 1.807) is 6.92 Å². The molecular weight excluding hydrogens is 486 g/mol. The van der Waals surface area contributed by atoms with E-state index in [0.29, 0.717) is 12.0 Å². The Bertz CT molecular complexity index is 798. The van der Waals surface area contributed by atoms with Crippen LogP contribution in [0.4, 0.5) is 13.2 Å². The molecule has 0 heterocycles. The molecule has 0 amide bonds. The third-order valence-electron chi connectivity index (χ3n) is 5.35. The highest BCUT2D eigenvalue weighted by molar-refractivity contribution is 7.46. The molecule has 0 aromatic carbocycles. The van der Waals surface area contributed by atoms with Crippen molar-refractivity contribution in [2.45, 2.75) is 77.9 Å². The lowest BCUT2D eigenvalue weighted by molar-refractivity contribution is -0.101. The van der Waals surface area contributed by atoms with Crippen LogP contribution >= 0.6 is 7.82 Å². The number of phosphoric ester groups is 1. The SMILES string of the molecule is C/C=C(\C=C(/COCCCC/C=C\C(CC)=C(C)C)C(F)(F)F)CCC(N)(CO)COP(=O)(O)O. The van der Waals surface area contributed by atoms with E-state index in [9.17, 15) is 22.8 Å². The molecule has 0 fully saturated rings. The summed E-state index contributed by atoms with van der Waals surface area (Å²) in [5, 5.41) is 9.46. The first kappa shape index (κ1) is 33.7. The largest absolute Gasteiger partial charge is 0.469 e. The van der Waals surface area contributed by atoms with E-state index < -0.39 is 44.9 Å². The van der Waals surface area contributed by atoms with Crippen LogP contribution in [-0.2, 0) is 13.8 Å². The minimum Gasteiger partial charge on any atom is -0.394 e. The fraction of sp³-hybridized carbons (Fsp3) is 0.667. The smallest absolute Gasteiger partial charge is 0.394 e. The second-order valence-corrected chi connectivity index (χ2v) is 9.88. The molecule has 0 rings (SSSR count). The van der Waals surface area contributed by atoms with E-state index in [4.69, 9.17) is 20.3 Å². The first-order valence-corrected chi connectivity index (χ1v) is 13.1. The van der Waals surface area contributed by atoms with Crippen LogP contribution in [0.5, 0.6) is 0 Å². The zero-order valence-electron chi connectivity index (χ0n) is 21.1. The molecule has 0 spiro atoms. The Morgan fingerprint density at radius 2 is 1.83 bits per heavy atom. The number of unbranched alkanes of at least 4 members (excludes halogenated alkanes) is 2. The molecular formula is C24H41F3NO6P. The standard InChI is InChI=1S/C24H41F3NO6P/c1-5-20(12-13-23(28,17-29)18-34-35(30,31)32)15-22(24(25,26)27)16-33-14-10-8-7-9-11-21(6-2)19(3)4/h5,9,11,15,29H,6-8,10,12-14,16-18,28H2,1-4H3,(H2,30,31,32)/b11-9-,20-5-,22-15+. The van der Waals surface area contributed by atoms with Crippen LogP contribution < -0.4 is 5.73 Å². The van der Waals surface area contributed by atoms with Crippen molar-refractivity contribution < 1.29 is 41.9 Å². The molecule has 11 heteroatoms. The van der Waals surface area contributed by atoms with Gasteiger partial charge in [-0.05, 0) is 70.9 Å². The zero-order valence-corrected chi connectivity index (χ0v) is 22.0. The van der Waals surface area contributed by atoms with E-state index in [2.05, 4.69) is 37.4 Å². The predicted molar refractivity (Wildman–Crippen MR) is 132 cm³/mol. The topological polar surface area (TPSA) is 122 Å². The highest BCUT2D eigenvalue weighted by Gasteiger charge is 2.34. The summed E-state index contributed by atoms with van der Waals surface area (Å²) in [7, 11) is -4.80. The molecule has 7 nitrogen and oxygen atoms in total. The molecule has 204 valence electrons. The van der Waals surface area contributed by atoms with Crippen LogP contribution in [0.15, 0.2) is 46.6 Å². The fourth-order valence-corrected chi connectivity index (χ4v) is 3.47. The molecule has 0 aliphatic rings. The lowest BCUT2D eigenvalue weighted by Gasteiger charge is -2.27. The number of nitrogens with two attached hydrogens (primary N) is 1. The van der Waals surface area contributed by atoms with Gasteiger partial charge in [-0.3, -0.25) is 4.52 Å². The van der Waals surface area contributed by atoms with Gasteiger partial charge in [0.05, 0.1) is 30.9 Å². The first-order valence-electron chi connectivity index (χ1n) is 11.6. The number of hydrogen-bond donors (Lipinski definition) is 4. The van der Waals surface area contributed by atoms with Gasteiger partial charge in [0.25, 0.3) is 0 Å². The third-order valence-corrected chi connectivity index (χ3v) is 5.82. The molecule has 0 saturated carbocycles. The van der Waals surface area contributed by atoms with Gasteiger partial charge in [-0.2, -0.15) is 13.2 Å². The average Bonchev–Trinajstić information content (AvgIpc) is 2.76. The van der Waals surface area contributed by atoms with Gasteiger partial charge in [0, 0.05) is 6.61 Å². The average molecular weight is 528 g/mol. The summed E-state index contributed by atoms with van der Waals surface area (Å²) in [6.45, 7) is 6.07. The molecule has 0 saturated heterocycles. The molecule has 0 aliphatic carbocycles. The maximum Gasteiger partial charge on any atom is 0.469 e. The zero-order chi connectivity index (χ0) is 27.1. The maximum atomic E-state index is 13.5. The summed E-state index contributed by atoms with van der Waals surface area (Å²) in [6, 6.07) is 0. The number of rotatable bonds is 17. The van der Waals surface area contributed by atoms with Crippen LogP contribution in [0.2, 0.25) is 0 Å². The van der Waals surface area contributed by atoms with Crippen LogP contribution in [0, 0.1) is 0 Å².